The first-order chi connectivity index (χ1) is 10.6. The minimum atomic E-state index is 0.127. The van der Waals surface area contributed by atoms with Crippen LogP contribution in [0.25, 0.3) is 0 Å². The van der Waals surface area contributed by atoms with E-state index in [1.807, 2.05) is 11.8 Å². The molecule has 1 amide bonds. The molecule has 1 aliphatic heterocycles. The number of nitrogen functional groups attached to an aromatic ring is 2. The number of aromatic nitrogens is 2. The molecule has 0 saturated carbocycles. The quantitative estimate of drug-likeness (QED) is 0.783. The summed E-state index contributed by atoms with van der Waals surface area (Å²) in [6.45, 7) is 3.70. The number of benzene rings is 1. The number of likely N-dealkylation sites (tertiary alicyclic amines) is 1. The minimum Gasteiger partial charge on any atom is -0.399 e. The lowest BCUT2D eigenvalue weighted by Gasteiger charge is -2.14. The third kappa shape index (κ3) is 4.44. The van der Waals surface area contributed by atoms with E-state index in [1.165, 1.54) is 0 Å². The Morgan fingerprint density at radius 3 is 2.09 bits per heavy atom. The van der Waals surface area contributed by atoms with E-state index in [0.29, 0.717) is 11.6 Å². The topological polar surface area (TPSA) is 98.1 Å². The molecule has 6 heteroatoms. The minimum absolute atomic E-state index is 0.127. The number of carbonyl (C=O) groups is 1. The van der Waals surface area contributed by atoms with Gasteiger partial charge >= 0.3 is 0 Å². The summed E-state index contributed by atoms with van der Waals surface area (Å²) in [5, 5.41) is 0. The third-order valence-electron chi connectivity index (χ3n) is 3.35. The molecule has 1 fully saturated rings. The molecule has 1 aliphatic rings. The molecule has 1 aromatic carbocycles. The second-order valence-electron chi connectivity index (χ2n) is 5.24. The fraction of sp³-hybridized carbons (Fsp3) is 0.312. The molecule has 0 spiro atoms. The predicted octanol–water partition coefficient (Wildman–Crippen LogP) is 1.87. The second kappa shape index (κ2) is 7.40. The first-order valence-corrected chi connectivity index (χ1v) is 7.25. The van der Waals surface area contributed by atoms with Gasteiger partial charge in [0, 0.05) is 36.7 Å². The molecule has 22 heavy (non-hydrogen) atoms. The van der Waals surface area contributed by atoms with Gasteiger partial charge in [0.1, 0.15) is 0 Å². The maximum absolute atomic E-state index is 11.8. The lowest BCUT2D eigenvalue weighted by atomic mass is 10.2. The van der Waals surface area contributed by atoms with Crippen LogP contribution in [-0.2, 0) is 0 Å². The molecule has 116 valence electrons. The molecule has 0 unspecified atom stereocenters. The number of aryl methyl sites for hydroxylation is 1. The van der Waals surface area contributed by atoms with Gasteiger partial charge in [-0.3, -0.25) is 4.79 Å². The van der Waals surface area contributed by atoms with Crippen molar-refractivity contribution in [3.63, 3.8) is 0 Å². The van der Waals surface area contributed by atoms with Crippen molar-refractivity contribution in [1.82, 2.24) is 14.9 Å². The lowest BCUT2D eigenvalue weighted by molar-refractivity contribution is 0.0793. The number of hydrogen-bond donors (Lipinski definition) is 2. The van der Waals surface area contributed by atoms with Crippen LogP contribution in [0.1, 0.15) is 28.8 Å². The maximum atomic E-state index is 11.8. The fourth-order valence-corrected chi connectivity index (χ4v) is 2.13. The third-order valence-corrected chi connectivity index (χ3v) is 3.35. The predicted molar refractivity (Wildman–Crippen MR) is 87.2 cm³/mol. The summed E-state index contributed by atoms with van der Waals surface area (Å²) in [7, 11) is 0. The Balaban J connectivity index is 0.000000188. The molecule has 2 heterocycles. The van der Waals surface area contributed by atoms with E-state index in [9.17, 15) is 4.79 Å². The molecule has 1 saturated heterocycles. The highest BCUT2D eigenvalue weighted by molar-refractivity contribution is 5.94. The SMILES string of the molecule is Cc1cnc(N)nc1.Nc1ccc(C(=O)N2CCCC2)cc1. The van der Waals surface area contributed by atoms with Crippen LogP contribution in [-0.4, -0.2) is 33.9 Å². The van der Waals surface area contributed by atoms with E-state index < -0.39 is 0 Å². The molecule has 0 aliphatic carbocycles. The van der Waals surface area contributed by atoms with Crippen LogP contribution in [0, 0.1) is 6.92 Å². The summed E-state index contributed by atoms with van der Waals surface area (Å²) in [5.74, 6) is 0.457. The summed E-state index contributed by atoms with van der Waals surface area (Å²) in [6.07, 6.45) is 5.62. The largest absolute Gasteiger partial charge is 0.399 e. The van der Waals surface area contributed by atoms with Gasteiger partial charge in [0.25, 0.3) is 5.91 Å². The number of carbonyl (C=O) groups excluding carboxylic acids is 1. The number of hydrogen-bond acceptors (Lipinski definition) is 5. The summed E-state index contributed by atoms with van der Waals surface area (Å²) >= 11 is 0. The van der Waals surface area contributed by atoms with E-state index in [4.69, 9.17) is 11.5 Å². The zero-order valence-electron chi connectivity index (χ0n) is 12.7. The zero-order valence-corrected chi connectivity index (χ0v) is 12.7. The van der Waals surface area contributed by atoms with Crippen LogP contribution >= 0.6 is 0 Å². The van der Waals surface area contributed by atoms with Gasteiger partial charge in [-0.1, -0.05) is 0 Å². The molecular weight excluding hydrogens is 278 g/mol. The summed E-state index contributed by atoms with van der Waals surface area (Å²) < 4.78 is 0. The van der Waals surface area contributed by atoms with Gasteiger partial charge in [-0.15, -0.1) is 0 Å². The molecule has 0 bridgehead atoms. The molecule has 4 N–H and O–H groups in total. The van der Waals surface area contributed by atoms with Crippen LogP contribution in [0.15, 0.2) is 36.7 Å². The molecule has 1 aromatic heterocycles. The normalized spacial score (nSPS) is 13.4. The standard InChI is InChI=1S/C11H14N2O.C5H7N3/c12-10-5-3-9(4-6-10)11(14)13-7-1-2-8-13;1-4-2-7-5(6)8-3-4/h3-6H,1-2,7-8,12H2;2-3H,1H3,(H2,6,7,8). The highest BCUT2D eigenvalue weighted by atomic mass is 16.2. The van der Waals surface area contributed by atoms with Gasteiger partial charge in [-0.05, 0) is 49.6 Å². The smallest absolute Gasteiger partial charge is 0.253 e. The Bertz CT molecular complexity index is 582. The van der Waals surface area contributed by atoms with E-state index >= 15 is 0 Å². The Labute approximate surface area is 130 Å². The van der Waals surface area contributed by atoms with Crippen molar-refractivity contribution in [3.05, 3.63) is 47.8 Å². The Kier molecular flexibility index (Phi) is 5.30. The van der Waals surface area contributed by atoms with E-state index in [-0.39, 0.29) is 5.91 Å². The van der Waals surface area contributed by atoms with Crippen molar-refractivity contribution in [2.24, 2.45) is 0 Å². The van der Waals surface area contributed by atoms with Crippen molar-refractivity contribution < 1.29 is 4.79 Å². The van der Waals surface area contributed by atoms with Gasteiger partial charge in [-0.2, -0.15) is 0 Å². The van der Waals surface area contributed by atoms with E-state index in [0.717, 1.165) is 37.1 Å². The number of nitrogens with two attached hydrogens (primary N) is 2. The number of anilines is 2. The van der Waals surface area contributed by atoms with Gasteiger partial charge in [0.2, 0.25) is 5.95 Å². The van der Waals surface area contributed by atoms with Crippen LogP contribution in [0.4, 0.5) is 11.6 Å². The maximum Gasteiger partial charge on any atom is 0.253 e. The Hall–Kier alpha value is -2.63. The van der Waals surface area contributed by atoms with E-state index in [1.54, 1.807) is 36.7 Å². The van der Waals surface area contributed by atoms with Crippen molar-refractivity contribution in [2.75, 3.05) is 24.6 Å². The van der Waals surface area contributed by atoms with Gasteiger partial charge in [-0.25, -0.2) is 9.97 Å². The van der Waals surface area contributed by atoms with Crippen LogP contribution in [0.3, 0.4) is 0 Å². The first kappa shape index (κ1) is 15.8. The highest BCUT2D eigenvalue weighted by Gasteiger charge is 2.18. The van der Waals surface area contributed by atoms with Crippen LogP contribution < -0.4 is 11.5 Å². The van der Waals surface area contributed by atoms with E-state index in [2.05, 4.69) is 9.97 Å². The molecular formula is C16H21N5O. The number of nitrogens with zero attached hydrogens (tertiary/aromatic N) is 3. The molecule has 2 aromatic rings. The number of amides is 1. The van der Waals surface area contributed by atoms with Crippen LogP contribution in [0.5, 0.6) is 0 Å². The summed E-state index contributed by atoms with van der Waals surface area (Å²) in [4.78, 5) is 21.2. The lowest BCUT2D eigenvalue weighted by Crippen LogP contribution is -2.27. The molecule has 0 atom stereocenters. The average molecular weight is 299 g/mol. The Morgan fingerprint density at radius 1 is 1.05 bits per heavy atom. The van der Waals surface area contributed by atoms with Gasteiger partial charge in [0.05, 0.1) is 0 Å². The Morgan fingerprint density at radius 2 is 1.59 bits per heavy atom. The van der Waals surface area contributed by atoms with Crippen molar-refractivity contribution in [3.8, 4) is 0 Å². The second-order valence-corrected chi connectivity index (χ2v) is 5.24. The van der Waals surface area contributed by atoms with Crippen LogP contribution in [0.2, 0.25) is 0 Å². The number of rotatable bonds is 1. The highest BCUT2D eigenvalue weighted by Crippen LogP contribution is 2.13. The summed E-state index contributed by atoms with van der Waals surface area (Å²) in [5.41, 5.74) is 13.2. The fourth-order valence-electron chi connectivity index (χ4n) is 2.13. The van der Waals surface area contributed by atoms with Gasteiger partial charge < -0.3 is 16.4 Å². The molecule has 0 radical (unpaired) electrons. The molecule has 3 rings (SSSR count). The van der Waals surface area contributed by atoms with Crippen molar-refractivity contribution >= 4 is 17.5 Å². The average Bonchev–Trinajstić information content (AvgIpc) is 3.05. The zero-order chi connectivity index (χ0) is 15.9. The van der Waals surface area contributed by atoms with Crippen molar-refractivity contribution in [1.29, 1.82) is 0 Å². The summed E-state index contributed by atoms with van der Waals surface area (Å²) in [6, 6.07) is 7.11. The van der Waals surface area contributed by atoms with Gasteiger partial charge in [0.15, 0.2) is 0 Å². The van der Waals surface area contributed by atoms with Crippen molar-refractivity contribution in [2.45, 2.75) is 19.8 Å². The monoisotopic (exact) mass is 299 g/mol. The molecule has 6 nitrogen and oxygen atoms in total. The first-order valence-electron chi connectivity index (χ1n) is 7.25.